The van der Waals surface area contributed by atoms with E-state index in [2.05, 4.69) is 15.9 Å². The third-order valence-electron chi connectivity index (χ3n) is 2.62. The van der Waals surface area contributed by atoms with Gasteiger partial charge in [-0.2, -0.15) is 0 Å². The van der Waals surface area contributed by atoms with Crippen LogP contribution in [0.25, 0.3) is 0 Å². The van der Waals surface area contributed by atoms with Gasteiger partial charge in [-0.1, -0.05) is 17.7 Å². The molecule has 0 atom stereocenters. The molecule has 20 heavy (non-hydrogen) atoms. The number of aldehydes is 1. The van der Waals surface area contributed by atoms with Crippen LogP contribution in [0.3, 0.4) is 0 Å². The van der Waals surface area contributed by atoms with E-state index < -0.39 is 11.6 Å². The molecular weight excluding hydrogens is 354 g/mol. The van der Waals surface area contributed by atoms with Crippen LogP contribution in [0.2, 0.25) is 5.02 Å². The number of ether oxygens (including phenoxy) is 1. The van der Waals surface area contributed by atoms with Crippen LogP contribution < -0.4 is 4.74 Å². The van der Waals surface area contributed by atoms with E-state index in [1.807, 2.05) is 0 Å². The molecule has 0 heterocycles. The lowest BCUT2D eigenvalue weighted by Gasteiger charge is -2.11. The van der Waals surface area contributed by atoms with E-state index in [1.165, 1.54) is 18.2 Å². The minimum absolute atomic E-state index is 0.0999. The summed E-state index contributed by atoms with van der Waals surface area (Å²) in [4.78, 5) is 10.9. The van der Waals surface area contributed by atoms with Gasteiger partial charge >= 0.3 is 0 Å². The quantitative estimate of drug-likeness (QED) is 0.579. The summed E-state index contributed by atoms with van der Waals surface area (Å²) in [6.07, 6.45) is 0.564. The molecule has 0 saturated carbocycles. The zero-order valence-electron chi connectivity index (χ0n) is 10.00. The Labute approximate surface area is 127 Å². The second kappa shape index (κ2) is 6.33. The van der Waals surface area contributed by atoms with Crippen molar-refractivity contribution in [3.63, 3.8) is 0 Å². The molecule has 0 saturated heterocycles. The van der Waals surface area contributed by atoms with Crippen molar-refractivity contribution in [2.75, 3.05) is 0 Å². The lowest BCUT2D eigenvalue weighted by molar-refractivity contribution is 0.111. The maximum Gasteiger partial charge on any atom is 0.153 e. The van der Waals surface area contributed by atoms with Gasteiger partial charge in [-0.15, -0.1) is 0 Å². The van der Waals surface area contributed by atoms with Crippen LogP contribution in [0, 0.1) is 11.6 Å². The molecule has 2 aromatic rings. The van der Waals surface area contributed by atoms with Gasteiger partial charge in [0.25, 0.3) is 0 Å². The summed E-state index contributed by atoms with van der Waals surface area (Å²) in [5.41, 5.74) is -0.0237. The van der Waals surface area contributed by atoms with Crippen molar-refractivity contribution >= 4 is 33.8 Å². The largest absolute Gasteiger partial charge is 0.486 e. The average Bonchev–Trinajstić information content (AvgIpc) is 2.44. The molecule has 0 bridgehead atoms. The van der Waals surface area contributed by atoms with Crippen LogP contribution in [0.1, 0.15) is 15.9 Å². The van der Waals surface area contributed by atoms with E-state index in [-0.39, 0.29) is 33.0 Å². The Morgan fingerprint density at radius 1 is 1.25 bits per heavy atom. The molecule has 0 aliphatic carbocycles. The summed E-state index contributed by atoms with van der Waals surface area (Å²) >= 11 is 8.87. The normalized spacial score (nSPS) is 10.4. The van der Waals surface area contributed by atoms with Crippen LogP contribution >= 0.6 is 27.5 Å². The van der Waals surface area contributed by atoms with Crippen LogP contribution in [0.4, 0.5) is 8.78 Å². The number of rotatable bonds is 4. The van der Waals surface area contributed by atoms with Gasteiger partial charge in [-0.25, -0.2) is 8.78 Å². The van der Waals surface area contributed by atoms with Crippen molar-refractivity contribution < 1.29 is 18.3 Å². The molecule has 0 spiro atoms. The van der Waals surface area contributed by atoms with E-state index in [0.717, 1.165) is 6.07 Å². The fraction of sp³-hybridized carbons (Fsp3) is 0.0714. The Balaban J connectivity index is 2.30. The molecule has 0 fully saturated rings. The number of benzene rings is 2. The van der Waals surface area contributed by atoms with Gasteiger partial charge in [0.2, 0.25) is 0 Å². The number of para-hydroxylation sites is 1. The molecular formula is C14H8BrClF2O2. The van der Waals surface area contributed by atoms with Crippen molar-refractivity contribution in [1.29, 1.82) is 0 Å². The first-order chi connectivity index (χ1) is 9.54. The van der Waals surface area contributed by atoms with E-state index in [1.54, 1.807) is 6.07 Å². The van der Waals surface area contributed by atoms with Gasteiger partial charge in [0.15, 0.2) is 6.29 Å². The molecule has 2 rings (SSSR count). The van der Waals surface area contributed by atoms with Gasteiger partial charge in [0.05, 0.1) is 20.6 Å². The predicted octanol–water partition coefficient (Wildman–Crippen LogP) is 4.77. The SMILES string of the molecule is O=Cc1cccc(Cl)c1OCc1c(F)ccc(Br)c1F. The van der Waals surface area contributed by atoms with E-state index in [0.29, 0.717) is 6.29 Å². The van der Waals surface area contributed by atoms with Crippen molar-refractivity contribution in [2.24, 2.45) is 0 Å². The molecule has 0 N–H and O–H groups in total. The molecule has 0 aliphatic heterocycles. The molecule has 0 radical (unpaired) electrons. The van der Waals surface area contributed by atoms with Crippen LogP contribution in [0.5, 0.6) is 5.75 Å². The maximum absolute atomic E-state index is 13.8. The molecule has 0 aromatic heterocycles. The van der Waals surface area contributed by atoms with E-state index >= 15 is 0 Å². The number of hydrogen-bond acceptors (Lipinski definition) is 2. The van der Waals surface area contributed by atoms with Crippen molar-refractivity contribution in [3.05, 3.63) is 62.6 Å². The lowest BCUT2D eigenvalue weighted by Crippen LogP contribution is -2.04. The summed E-state index contributed by atoms with van der Waals surface area (Å²) < 4.78 is 32.8. The highest BCUT2D eigenvalue weighted by Gasteiger charge is 2.15. The Morgan fingerprint density at radius 3 is 2.70 bits per heavy atom. The Morgan fingerprint density at radius 2 is 2.00 bits per heavy atom. The third kappa shape index (κ3) is 2.99. The van der Waals surface area contributed by atoms with E-state index in [9.17, 15) is 13.6 Å². The highest BCUT2D eigenvalue weighted by atomic mass is 79.9. The fourth-order valence-electron chi connectivity index (χ4n) is 1.62. The van der Waals surface area contributed by atoms with Crippen molar-refractivity contribution in [2.45, 2.75) is 6.61 Å². The molecule has 0 amide bonds. The van der Waals surface area contributed by atoms with Crippen molar-refractivity contribution in [1.82, 2.24) is 0 Å². The number of carbonyl (C=O) groups is 1. The summed E-state index contributed by atoms with van der Waals surface area (Å²) in [7, 11) is 0. The zero-order chi connectivity index (χ0) is 14.7. The monoisotopic (exact) mass is 360 g/mol. The summed E-state index contributed by atoms with van der Waals surface area (Å²) in [5.74, 6) is -1.38. The summed E-state index contributed by atoms with van der Waals surface area (Å²) in [5, 5.41) is 0.199. The Bertz CT molecular complexity index is 662. The highest BCUT2D eigenvalue weighted by Crippen LogP contribution is 2.29. The van der Waals surface area contributed by atoms with Gasteiger partial charge < -0.3 is 4.74 Å². The number of hydrogen-bond donors (Lipinski definition) is 0. The van der Waals surface area contributed by atoms with Crippen LogP contribution in [0.15, 0.2) is 34.8 Å². The minimum atomic E-state index is -0.746. The average molecular weight is 362 g/mol. The lowest BCUT2D eigenvalue weighted by atomic mass is 10.2. The zero-order valence-corrected chi connectivity index (χ0v) is 12.3. The van der Waals surface area contributed by atoms with Crippen LogP contribution in [-0.2, 0) is 6.61 Å². The first-order valence-electron chi connectivity index (χ1n) is 5.53. The summed E-state index contributed by atoms with van der Waals surface area (Å²) in [6, 6.07) is 7.00. The molecule has 0 unspecified atom stereocenters. The fourth-order valence-corrected chi connectivity index (χ4v) is 2.22. The Kier molecular flexibility index (Phi) is 4.73. The maximum atomic E-state index is 13.8. The Hall–Kier alpha value is -1.46. The van der Waals surface area contributed by atoms with Crippen molar-refractivity contribution in [3.8, 4) is 5.75 Å². The molecule has 6 heteroatoms. The number of carbonyl (C=O) groups excluding carboxylic acids is 1. The second-order valence-electron chi connectivity index (χ2n) is 3.89. The molecule has 2 nitrogen and oxygen atoms in total. The van der Waals surface area contributed by atoms with Gasteiger partial charge in [-0.05, 0) is 40.2 Å². The van der Waals surface area contributed by atoms with Gasteiger partial charge in [0, 0.05) is 0 Å². The smallest absolute Gasteiger partial charge is 0.153 e. The molecule has 0 aliphatic rings. The molecule has 2 aromatic carbocycles. The van der Waals surface area contributed by atoms with Crippen LogP contribution in [-0.4, -0.2) is 6.29 Å². The van der Waals surface area contributed by atoms with Gasteiger partial charge in [-0.3, -0.25) is 4.79 Å². The minimum Gasteiger partial charge on any atom is -0.486 e. The summed E-state index contributed by atoms with van der Waals surface area (Å²) in [6.45, 7) is -0.373. The predicted molar refractivity (Wildman–Crippen MR) is 75.2 cm³/mol. The van der Waals surface area contributed by atoms with Gasteiger partial charge in [0.1, 0.15) is 24.0 Å². The first-order valence-corrected chi connectivity index (χ1v) is 6.70. The highest BCUT2D eigenvalue weighted by molar-refractivity contribution is 9.10. The third-order valence-corrected chi connectivity index (χ3v) is 3.53. The van der Waals surface area contributed by atoms with E-state index in [4.69, 9.17) is 16.3 Å². The second-order valence-corrected chi connectivity index (χ2v) is 5.15. The first kappa shape index (κ1) is 14.9. The number of halogens is 4. The molecule has 104 valence electrons. The topological polar surface area (TPSA) is 26.3 Å². The standard InChI is InChI=1S/C14H8BrClF2O2/c15-10-4-5-12(17)9(13(10)18)7-20-14-8(6-19)2-1-3-11(14)16/h1-6H,7H2.